The maximum Gasteiger partial charge on any atom is 0.268 e. The van der Waals surface area contributed by atoms with Crippen LogP contribution in [0.2, 0.25) is 0 Å². The van der Waals surface area contributed by atoms with Gasteiger partial charge < -0.3 is 10.0 Å². The Morgan fingerprint density at radius 2 is 1.91 bits per heavy atom. The Bertz CT molecular complexity index is 119. The van der Waals surface area contributed by atoms with Crippen molar-refractivity contribution in [2.24, 2.45) is 0 Å². The molecular weight excluding hydrogens is 152 g/mol. The van der Waals surface area contributed by atoms with E-state index in [9.17, 15) is 13.9 Å². The summed E-state index contributed by atoms with van der Waals surface area (Å²) in [5.41, 5.74) is -1.84. The zero-order chi connectivity index (χ0) is 9.07. The molecule has 4 heteroatoms. The second-order valence-corrected chi connectivity index (χ2v) is 3.00. The lowest BCUT2D eigenvalue weighted by molar-refractivity contribution is -0.108. The molecule has 1 atom stereocenters. The maximum atomic E-state index is 12.2. The van der Waals surface area contributed by atoms with E-state index in [1.54, 1.807) is 25.9 Å². The van der Waals surface area contributed by atoms with Gasteiger partial charge in [-0.1, -0.05) is 6.92 Å². The zero-order valence-electron chi connectivity index (χ0n) is 7.14. The van der Waals surface area contributed by atoms with Gasteiger partial charge >= 0.3 is 0 Å². The Labute approximate surface area is 65.8 Å². The summed E-state index contributed by atoms with van der Waals surface area (Å²) in [4.78, 5) is 1.55. The van der Waals surface area contributed by atoms with Crippen LogP contribution in [0, 0.1) is 0 Å². The third-order valence-electron chi connectivity index (χ3n) is 1.61. The van der Waals surface area contributed by atoms with Crippen LogP contribution in [-0.4, -0.2) is 42.7 Å². The van der Waals surface area contributed by atoms with E-state index in [4.69, 9.17) is 0 Å². The minimum atomic E-state index is -2.67. The molecule has 0 amide bonds. The van der Waals surface area contributed by atoms with Gasteiger partial charge in [0.2, 0.25) is 0 Å². The van der Waals surface area contributed by atoms with Crippen LogP contribution in [0.4, 0.5) is 8.78 Å². The number of halogens is 2. The molecule has 0 saturated carbocycles. The van der Waals surface area contributed by atoms with E-state index in [-0.39, 0.29) is 13.0 Å². The molecule has 0 aromatic heterocycles. The Morgan fingerprint density at radius 3 is 2.00 bits per heavy atom. The van der Waals surface area contributed by atoms with Gasteiger partial charge in [0.05, 0.1) is 0 Å². The van der Waals surface area contributed by atoms with E-state index < -0.39 is 12.0 Å². The first-order valence-corrected chi connectivity index (χ1v) is 3.57. The van der Waals surface area contributed by atoms with Crippen molar-refractivity contribution in [1.29, 1.82) is 0 Å². The molecule has 1 N–H and O–H groups in total. The fraction of sp³-hybridized carbons (Fsp3) is 1.00. The summed E-state index contributed by atoms with van der Waals surface area (Å²) < 4.78 is 24.3. The number of aliphatic hydroxyl groups is 1. The quantitative estimate of drug-likeness (QED) is 0.674. The van der Waals surface area contributed by atoms with Gasteiger partial charge in [-0.15, -0.1) is 0 Å². The first-order chi connectivity index (χ1) is 4.92. The Balaban J connectivity index is 4.10. The first kappa shape index (κ1) is 10.8. The van der Waals surface area contributed by atoms with Crippen LogP contribution in [0.3, 0.4) is 0 Å². The van der Waals surface area contributed by atoms with E-state index in [0.29, 0.717) is 0 Å². The van der Waals surface area contributed by atoms with Crippen LogP contribution in [-0.2, 0) is 0 Å². The molecular formula is C7H15F2NO. The third kappa shape index (κ3) is 3.12. The average Bonchev–Trinajstić information content (AvgIpc) is 1.86. The van der Waals surface area contributed by atoms with Crippen molar-refractivity contribution in [2.75, 3.05) is 20.6 Å². The van der Waals surface area contributed by atoms with Crippen LogP contribution >= 0.6 is 0 Å². The fourth-order valence-corrected chi connectivity index (χ4v) is 0.883. The molecule has 0 aliphatic carbocycles. The minimum Gasteiger partial charge on any atom is -0.383 e. The molecule has 0 aromatic rings. The van der Waals surface area contributed by atoms with Crippen molar-refractivity contribution < 1.29 is 13.9 Å². The average molecular weight is 167 g/mol. The topological polar surface area (TPSA) is 23.5 Å². The SMILES string of the molecule is CCC(O)(CN(C)C)C(F)F. The van der Waals surface area contributed by atoms with E-state index in [0.717, 1.165) is 0 Å². The second-order valence-electron chi connectivity index (χ2n) is 3.00. The van der Waals surface area contributed by atoms with Crippen LogP contribution in [0.5, 0.6) is 0 Å². The van der Waals surface area contributed by atoms with E-state index in [2.05, 4.69) is 0 Å². The molecule has 2 nitrogen and oxygen atoms in total. The summed E-state index contributed by atoms with van der Waals surface area (Å²) in [5, 5.41) is 9.28. The molecule has 0 aromatic carbocycles. The largest absolute Gasteiger partial charge is 0.383 e. The number of nitrogens with zero attached hydrogens (tertiary/aromatic N) is 1. The van der Waals surface area contributed by atoms with Crippen molar-refractivity contribution in [3.05, 3.63) is 0 Å². The van der Waals surface area contributed by atoms with E-state index >= 15 is 0 Å². The third-order valence-corrected chi connectivity index (χ3v) is 1.61. The van der Waals surface area contributed by atoms with Gasteiger partial charge in [0.1, 0.15) is 5.60 Å². The van der Waals surface area contributed by atoms with Crippen molar-refractivity contribution in [3.8, 4) is 0 Å². The number of alkyl halides is 2. The number of hydrogen-bond acceptors (Lipinski definition) is 2. The monoisotopic (exact) mass is 167 g/mol. The molecule has 0 rings (SSSR count). The number of rotatable bonds is 4. The highest BCUT2D eigenvalue weighted by molar-refractivity contribution is 4.81. The van der Waals surface area contributed by atoms with Crippen LogP contribution in [0.25, 0.3) is 0 Å². The van der Waals surface area contributed by atoms with Gasteiger partial charge in [0.15, 0.2) is 0 Å². The van der Waals surface area contributed by atoms with Crippen molar-refractivity contribution in [2.45, 2.75) is 25.4 Å². The molecule has 1 unspecified atom stereocenters. The molecule has 0 aliphatic rings. The maximum absolute atomic E-state index is 12.2. The summed E-state index contributed by atoms with van der Waals surface area (Å²) in [6.07, 6.45) is -2.60. The highest BCUT2D eigenvalue weighted by Crippen LogP contribution is 2.19. The van der Waals surface area contributed by atoms with Gasteiger partial charge in [-0.3, -0.25) is 0 Å². The van der Waals surface area contributed by atoms with Gasteiger partial charge in [0, 0.05) is 6.54 Å². The Morgan fingerprint density at radius 1 is 1.45 bits per heavy atom. The highest BCUT2D eigenvalue weighted by atomic mass is 19.3. The van der Waals surface area contributed by atoms with E-state index in [1.165, 1.54) is 0 Å². The predicted molar refractivity (Wildman–Crippen MR) is 39.8 cm³/mol. The van der Waals surface area contributed by atoms with Crippen molar-refractivity contribution in [1.82, 2.24) is 4.90 Å². The molecule has 0 aliphatic heterocycles. The van der Waals surface area contributed by atoms with Crippen LogP contribution < -0.4 is 0 Å². The van der Waals surface area contributed by atoms with Gasteiger partial charge in [0.25, 0.3) is 6.43 Å². The van der Waals surface area contributed by atoms with Gasteiger partial charge in [-0.25, -0.2) is 8.78 Å². The van der Waals surface area contributed by atoms with Crippen LogP contribution in [0.15, 0.2) is 0 Å². The predicted octanol–water partition coefficient (Wildman–Crippen LogP) is 0.954. The van der Waals surface area contributed by atoms with Gasteiger partial charge in [-0.05, 0) is 20.5 Å². The first-order valence-electron chi connectivity index (χ1n) is 3.57. The Kier molecular flexibility index (Phi) is 3.89. The lowest BCUT2D eigenvalue weighted by Crippen LogP contribution is -2.45. The minimum absolute atomic E-state index is 0.00116. The lowest BCUT2D eigenvalue weighted by atomic mass is 10.0. The van der Waals surface area contributed by atoms with E-state index in [1.807, 2.05) is 0 Å². The van der Waals surface area contributed by atoms with Gasteiger partial charge in [-0.2, -0.15) is 0 Å². The molecule has 0 fully saturated rings. The number of hydrogen-bond donors (Lipinski definition) is 1. The molecule has 0 bridgehead atoms. The standard InChI is InChI=1S/C7H15F2NO/c1-4-7(11,6(8)9)5-10(2)3/h6,11H,4-5H2,1-3H3. The molecule has 0 heterocycles. The molecule has 0 radical (unpaired) electrons. The summed E-state index contributed by atoms with van der Waals surface area (Å²) in [6, 6.07) is 0. The molecule has 0 spiro atoms. The molecule has 68 valence electrons. The molecule has 11 heavy (non-hydrogen) atoms. The summed E-state index contributed by atoms with van der Waals surface area (Å²) >= 11 is 0. The van der Waals surface area contributed by atoms with Crippen molar-refractivity contribution >= 4 is 0 Å². The van der Waals surface area contributed by atoms with Crippen LogP contribution in [0.1, 0.15) is 13.3 Å². The zero-order valence-corrected chi connectivity index (χ0v) is 7.14. The normalized spacial score (nSPS) is 17.5. The lowest BCUT2D eigenvalue weighted by Gasteiger charge is -2.28. The fourth-order valence-electron chi connectivity index (χ4n) is 0.883. The highest BCUT2D eigenvalue weighted by Gasteiger charge is 2.35. The summed E-state index contributed by atoms with van der Waals surface area (Å²) in [6.45, 7) is 1.55. The second kappa shape index (κ2) is 3.97. The summed E-state index contributed by atoms with van der Waals surface area (Å²) in [7, 11) is 3.31. The summed E-state index contributed by atoms with van der Waals surface area (Å²) in [5.74, 6) is 0. The van der Waals surface area contributed by atoms with Crippen molar-refractivity contribution in [3.63, 3.8) is 0 Å². The molecule has 0 saturated heterocycles. The smallest absolute Gasteiger partial charge is 0.268 e. The number of likely N-dealkylation sites (N-methyl/N-ethyl adjacent to an activating group) is 1. The Hall–Kier alpha value is -0.220.